The normalized spacial score (nSPS) is 14.3. The van der Waals surface area contributed by atoms with Crippen LogP contribution in [0.25, 0.3) is 0 Å². The monoisotopic (exact) mass is 239 g/mol. The molecule has 4 heteroatoms. The summed E-state index contributed by atoms with van der Waals surface area (Å²) in [6.45, 7) is 11.6. The fourth-order valence-electron chi connectivity index (χ4n) is 2.31. The molecular weight excluding hydrogens is 214 g/mol. The standard InChI is InChI=1S/C13H25N3O/c1-6-16-11(7-8-15-16)9-14-12(10(2)3)13(4,5)17/h7-8,10,12,14,17H,6,9H2,1-5H3/t12-/m0/s1. The van der Waals surface area contributed by atoms with E-state index >= 15 is 0 Å². The number of nitrogens with zero attached hydrogens (tertiary/aromatic N) is 2. The first-order valence-corrected chi connectivity index (χ1v) is 6.32. The van der Waals surface area contributed by atoms with Crippen LogP contribution in [0.2, 0.25) is 0 Å². The Morgan fingerprint density at radius 3 is 2.59 bits per heavy atom. The molecule has 0 spiro atoms. The summed E-state index contributed by atoms with van der Waals surface area (Å²) >= 11 is 0. The van der Waals surface area contributed by atoms with Gasteiger partial charge in [-0.15, -0.1) is 0 Å². The maximum absolute atomic E-state index is 10.1. The van der Waals surface area contributed by atoms with Gasteiger partial charge in [-0.1, -0.05) is 13.8 Å². The van der Waals surface area contributed by atoms with Crippen molar-refractivity contribution >= 4 is 0 Å². The van der Waals surface area contributed by atoms with Gasteiger partial charge >= 0.3 is 0 Å². The van der Waals surface area contributed by atoms with E-state index in [9.17, 15) is 5.11 Å². The van der Waals surface area contributed by atoms with Crippen LogP contribution in [0.4, 0.5) is 0 Å². The molecule has 0 aliphatic carbocycles. The fourth-order valence-corrected chi connectivity index (χ4v) is 2.31. The third kappa shape index (κ3) is 3.82. The molecule has 0 unspecified atom stereocenters. The summed E-state index contributed by atoms with van der Waals surface area (Å²) in [6.07, 6.45) is 1.81. The number of aromatic nitrogens is 2. The lowest BCUT2D eigenvalue weighted by Gasteiger charge is -2.33. The molecule has 98 valence electrons. The smallest absolute Gasteiger partial charge is 0.0746 e. The van der Waals surface area contributed by atoms with Crippen molar-refractivity contribution in [2.75, 3.05) is 0 Å². The zero-order chi connectivity index (χ0) is 13.1. The van der Waals surface area contributed by atoms with E-state index in [1.807, 2.05) is 30.8 Å². The quantitative estimate of drug-likeness (QED) is 0.795. The topological polar surface area (TPSA) is 50.1 Å². The van der Waals surface area contributed by atoms with Crippen LogP contribution in [0.5, 0.6) is 0 Å². The molecule has 2 N–H and O–H groups in total. The molecule has 17 heavy (non-hydrogen) atoms. The van der Waals surface area contributed by atoms with Crippen LogP contribution in [0.15, 0.2) is 12.3 Å². The summed E-state index contributed by atoms with van der Waals surface area (Å²) in [4.78, 5) is 0. The van der Waals surface area contributed by atoms with Crippen LogP contribution in [0.3, 0.4) is 0 Å². The van der Waals surface area contributed by atoms with Gasteiger partial charge in [-0.2, -0.15) is 5.10 Å². The number of aryl methyl sites for hydroxylation is 1. The molecule has 0 aliphatic rings. The van der Waals surface area contributed by atoms with Crippen molar-refractivity contribution in [2.45, 2.75) is 59.4 Å². The van der Waals surface area contributed by atoms with Gasteiger partial charge in [0, 0.05) is 25.3 Å². The lowest BCUT2D eigenvalue weighted by molar-refractivity contribution is 0.0192. The molecule has 0 fully saturated rings. The maximum Gasteiger partial charge on any atom is 0.0746 e. The SMILES string of the molecule is CCn1nccc1CN[C@@H](C(C)C)C(C)(C)O. The van der Waals surface area contributed by atoms with Crippen molar-refractivity contribution < 1.29 is 5.11 Å². The molecule has 1 aromatic heterocycles. The number of nitrogens with one attached hydrogen (secondary N) is 1. The van der Waals surface area contributed by atoms with Crippen molar-refractivity contribution in [2.24, 2.45) is 5.92 Å². The highest BCUT2D eigenvalue weighted by atomic mass is 16.3. The summed E-state index contributed by atoms with van der Waals surface area (Å²) in [7, 11) is 0. The highest BCUT2D eigenvalue weighted by molar-refractivity contribution is 5.01. The van der Waals surface area contributed by atoms with E-state index < -0.39 is 5.60 Å². The van der Waals surface area contributed by atoms with Gasteiger partial charge in [0.05, 0.1) is 11.3 Å². The summed E-state index contributed by atoms with van der Waals surface area (Å²) in [5.74, 6) is 0.382. The number of hydrogen-bond acceptors (Lipinski definition) is 3. The largest absolute Gasteiger partial charge is 0.389 e. The van der Waals surface area contributed by atoms with Crippen molar-refractivity contribution in [3.63, 3.8) is 0 Å². The second kappa shape index (κ2) is 5.65. The molecular formula is C13H25N3O. The molecule has 0 aliphatic heterocycles. The Balaban J connectivity index is 2.65. The highest BCUT2D eigenvalue weighted by Crippen LogP contribution is 2.17. The molecule has 0 amide bonds. The van der Waals surface area contributed by atoms with Crippen molar-refractivity contribution in [3.8, 4) is 0 Å². The van der Waals surface area contributed by atoms with Gasteiger partial charge in [-0.3, -0.25) is 4.68 Å². The lowest BCUT2D eigenvalue weighted by Crippen LogP contribution is -2.49. The van der Waals surface area contributed by atoms with Crippen LogP contribution < -0.4 is 5.32 Å². The van der Waals surface area contributed by atoms with Gasteiger partial charge < -0.3 is 10.4 Å². The summed E-state index contributed by atoms with van der Waals surface area (Å²) in [6, 6.07) is 2.08. The van der Waals surface area contributed by atoms with Crippen molar-refractivity contribution in [1.82, 2.24) is 15.1 Å². The van der Waals surface area contributed by atoms with Gasteiger partial charge in [-0.25, -0.2) is 0 Å². The van der Waals surface area contributed by atoms with E-state index in [1.54, 1.807) is 0 Å². The zero-order valence-corrected chi connectivity index (χ0v) is 11.6. The van der Waals surface area contributed by atoms with E-state index in [0.29, 0.717) is 5.92 Å². The summed E-state index contributed by atoms with van der Waals surface area (Å²) < 4.78 is 1.97. The van der Waals surface area contributed by atoms with Gasteiger partial charge in [0.1, 0.15) is 0 Å². The van der Waals surface area contributed by atoms with Crippen LogP contribution in [0, 0.1) is 5.92 Å². The van der Waals surface area contributed by atoms with Crippen LogP contribution >= 0.6 is 0 Å². The minimum Gasteiger partial charge on any atom is -0.389 e. The Hall–Kier alpha value is -0.870. The van der Waals surface area contributed by atoms with Gasteiger partial charge in [0.15, 0.2) is 0 Å². The van der Waals surface area contributed by atoms with Crippen molar-refractivity contribution in [3.05, 3.63) is 18.0 Å². The molecule has 1 aromatic rings. The molecule has 1 rings (SSSR count). The molecule has 4 nitrogen and oxygen atoms in total. The molecule has 0 radical (unpaired) electrons. The number of hydrogen-bond donors (Lipinski definition) is 2. The fraction of sp³-hybridized carbons (Fsp3) is 0.769. The van der Waals surface area contributed by atoms with Crippen LogP contribution in [0.1, 0.15) is 40.3 Å². The van der Waals surface area contributed by atoms with Crippen LogP contribution in [-0.4, -0.2) is 26.5 Å². The first-order chi connectivity index (χ1) is 7.86. The second-order valence-electron chi connectivity index (χ2n) is 5.39. The van der Waals surface area contributed by atoms with Gasteiger partial charge in [0.25, 0.3) is 0 Å². The van der Waals surface area contributed by atoms with E-state index in [1.165, 1.54) is 0 Å². The summed E-state index contributed by atoms with van der Waals surface area (Å²) in [5, 5.41) is 17.8. The minimum absolute atomic E-state index is 0.0720. The van der Waals surface area contributed by atoms with E-state index in [2.05, 4.69) is 31.2 Å². The minimum atomic E-state index is -0.717. The Morgan fingerprint density at radius 1 is 1.47 bits per heavy atom. The van der Waals surface area contributed by atoms with Crippen LogP contribution in [-0.2, 0) is 13.1 Å². The first-order valence-electron chi connectivity index (χ1n) is 6.32. The number of rotatable bonds is 6. The Labute approximate surface area is 104 Å². The zero-order valence-electron chi connectivity index (χ0n) is 11.6. The first kappa shape index (κ1) is 14.2. The molecule has 0 saturated carbocycles. The average molecular weight is 239 g/mol. The molecule has 1 heterocycles. The van der Waals surface area contributed by atoms with Gasteiger partial charge in [-0.05, 0) is 32.8 Å². The van der Waals surface area contributed by atoms with E-state index in [-0.39, 0.29) is 6.04 Å². The third-order valence-corrected chi connectivity index (χ3v) is 3.03. The predicted molar refractivity (Wildman–Crippen MR) is 69.7 cm³/mol. The third-order valence-electron chi connectivity index (χ3n) is 3.03. The average Bonchev–Trinajstić information content (AvgIpc) is 2.62. The van der Waals surface area contributed by atoms with E-state index in [0.717, 1.165) is 18.8 Å². The molecule has 0 aromatic carbocycles. The predicted octanol–water partition coefficient (Wildman–Crippen LogP) is 1.79. The Kier molecular flexibility index (Phi) is 4.71. The Morgan fingerprint density at radius 2 is 2.12 bits per heavy atom. The highest BCUT2D eigenvalue weighted by Gasteiger charge is 2.29. The molecule has 1 atom stereocenters. The van der Waals surface area contributed by atoms with E-state index in [4.69, 9.17) is 0 Å². The summed E-state index contributed by atoms with van der Waals surface area (Å²) in [5.41, 5.74) is 0.438. The number of aliphatic hydroxyl groups is 1. The second-order valence-corrected chi connectivity index (χ2v) is 5.39. The van der Waals surface area contributed by atoms with Crippen molar-refractivity contribution in [1.29, 1.82) is 0 Å². The maximum atomic E-state index is 10.1. The lowest BCUT2D eigenvalue weighted by atomic mass is 9.89. The van der Waals surface area contributed by atoms with Gasteiger partial charge in [0.2, 0.25) is 0 Å². The molecule has 0 saturated heterocycles. The Bertz CT molecular complexity index is 339. The molecule has 0 bridgehead atoms.